The molecule has 0 bridgehead atoms. The third kappa shape index (κ3) is 1.52. The van der Waals surface area contributed by atoms with Gasteiger partial charge in [-0.2, -0.15) is 0 Å². The minimum absolute atomic E-state index is 0.959. The van der Waals surface area contributed by atoms with Crippen molar-refractivity contribution in [3.63, 3.8) is 0 Å². The topological polar surface area (TPSA) is 30.2 Å². The molecule has 0 amide bonds. The number of nitrogens with zero attached hydrogens (tertiary/aromatic N) is 3. The number of hydrogen-bond acceptors (Lipinski definition) is 2. The summed E-state index contributed by atoms with van der Waals surface area (Å²) in [6.45, 7) is 0. The highest BCUT2D eigenvalue weighted by atomic mass is 15.0. The number of aromatic nitrogens is 3. The van der Waals surface area contributed by atoms with Crippen molar-refractivity contribution in [2.75, 3.05) is 0 Å². The number of fused-ring (bicyclic) bond motifs is 2. The van der Waals surface area contributed by atoms with Gasteiger partial charge in [0.1, 0.15) is 5.65 Å². The molecular formula is C16H11N3. The summed E-state index contributed by atoms with van der Waals surface area (Å²) in [6, 6.07) is 12.4. The van der Waals surface area contributed by atoms with Crippen LogP contribution in [-0.2, 0) is 0 Å². The predicted octanol–water partition coefficient (Wildman–Crippen LogP) is 3.55. The van der Waals surface area contributed by atoms with Crippen LogP contribution in [0.4, 0.5) is 0 Å². The van der Waals surface area contributed by atoms with Gasteiger partial charge >= 0.3 is 0 Å². The van der Waals surface area contributed by atoms with Crippen LogP contribution in [0.3, 0.4) is 0 Å². The first-order chi connectivity index (χ1) is 9.43. The van der Waals surface area contributed by atoms with Gasteiger partial charge in [-0.15, -0.1) is 0 Å². The number of benzene rings is 1. The highest BCUT2D eigenvalue weighted by molar-refractivity contribution is 5.98. The van der Waals surface area contributed by atoms with E-state index in [1.807, 2.05) is 47.5 Å². The molecule has 0 saturated carbocycles. The average Bonchev–Trinajstić information content (AvgIpc) is 2.95. The van der Waals surface area contributed by atoms with E-state index in [2.05, 4.69) is 34.2 Å². The van der Waals surface area contributed by atoms with Crippen LogP contribution < -0.4 is 0 Å². The standard InChI is InChI=1S/C16H11N3/c1-2-5-13-12(4-1)10-17-11-15(13)14-6-3-8-19-9-7-18-16(14)19/h1-11H. The fourth-order valence-electron chi connectivity index (χ4n) is 2.49. The average molecular weight is 245 g/mol. The van der Waals surface area contributed by atoms with Gasteiger partial charge in [0.2, 0.25) is 0 Å². The highest BCUT2D eigenvalue weighted by Gasteiger charge is 2.08. The van der Waals surface area contributed by atoms with Crippen molar-refractivity contribution in [3.8, 4) is 11.1 Å². The Morgan fingerprint density at radius 3 is 2.79 bits per heavy atom. The normalized spacial score (nSPS) is 11.2. The van der Waals surface area contributed by atoms with E-state index in [-0.39, 0.29) is 0 Å². The molecular weight excluding hydrogens is 234 g/mol. The Morgan fingerprint density at radius 2 is 1.79 bits per heavy atom. The smallest absolute Gasteiger partial charge is 0.144 e. The van der Waals surface area contributed by atoms with Crippen molar-refractivity contribution < 1.29 is 0 Å². The lowest BCUT2D eigenvalue weighted by Gasteiger charge is -2.07. The molecule has 0 saturated heterocycles. The van der Waals surface area contributed by atoms with E-state index in [0.717, 1.165) is 22.2 Å². The first-order valence-corrected chi connectivity index (χ1v) is 6.18. The summed E-state index contributed by atoms with van der Waals surface area (Å²) in [4.78, 5) is 8.78. The second-order valence-corrected chi connectivity index (χ2v) is 4.49. The van der Waals surface area contributed by atoms with Gasteiger partial charge < -0.3 is 4.40 Å². The Morgan fingerprint density at radius 1 is 0.842 bits per heavy atom. The molecule has 4 aromatic rings. The molecule has 3 heteroatoms. The molecule has 0 atom stereocenters. The fourth-order valence-corrected chi connectivity index (χ4v) is 2.49. The fraction of sp³-hybridized carbons (Fsp3) is 0. The largest absolute Gasteiger partial charge is 0.307 e. The van der Waals surface area contributed by atoms with Crippen LogP contribution in [0.15, 0.2) is 67.4 Å². The van der Waals surface area contributed by atoms with Crippen LogP contribution in [0, 0.1) is 0 Å². The third-order valence-corrected chi connectivity index (χ3v) is 3.38. The Kier molecular flexibility index (Phi) is 2.12. The maximum Gasteiger partial charge on any atom is 0.144 e. The van der Waals surface area contributed by atoms with Gasteiger partial charge in [0.05, 0.1) is 0 Å². The van der Waals surface area contributed by atoms with Crippen molar-refractivity contribution in [2.24, 2.45) is 0 Å². The molecule has 1 aromatic carbocycles. The molecule has 0 aliphatic heterocycles. The Balaban J connectivity index is 2.12. The lowest BCUT2D eigenvalue weighted by molar-refractivity contribution is 1.19. The van der Waals surface area contributed by atoms with Gasteiger partial charge in [-0.3, -0.25) is 4.98 Å². The van der Waals surface area contributed by atoms with E-state index < -0.39 is 0 Å². The van der Waals surface area contributed by atoms with E-state index in [1.165, 1.54) is 5.39 Å². The summed E-state index contributed by atoms with van der Waals surface area (Å²) in [5, 5.41) is 2.35. The summed E-state index contributed by atoms with van der Waals surface area (Å²) >= 11 is 0. The third-order valence-electron chi connectivity index (χ3n) is 3.38. The van der Waals surface area contributed by atoms with E-state index >= 15 is 0 Å². The number of imidazole rings is 1. The maximum absolute atomic E-state index is 4.44. The van der Waals surface area contributed by atoms with Gasteiger partial charge in [0, 0.05) is 47.5 Å². The summed E-state index contributed by atoms with van der Waals surface area (Å²) in [5.41, 5.74) is 3.19. The first kappa shape index (κ1) is 10.3. The molecule has 3 nitrogen and oxygen atoms in total. The van der Waals surface area contributed by atoms with Crippen LogP contribution in [0.5, 0.6) is 0 Å². The molecule has 90 valence electrons. The quantitative estimate of drug-likeness (QED) is 0.513. The molecule has 19 heavy (non-hydrogen) atoms. The van der Waals surface area contributed by atoms with Crippen molar-refractivity contribution in [3.05, 3.63) is 67.4 Å². The molecule has 0 N–H and O–H groups in total. The van der Waals surface area contributed by atoms with Crippen molar-refractivity contribution in [2.45, 2.75) is 0 Å². The summed E-state index contributed by atoms with van der Waals surface area (Å²) in [7, 11) is 0. The zero-order valence-corrected chi connectivity index (χ0v) is 10.2. The van der Waals surface area contributed by atoms with Gasteiger partial charge in [0.15, 0.2) is 0 Å². The first-order valence-electron chi connectivity index (χ1n) is 6.18. The maximum atomic E-state index is 4.44. The summed E-state index contributed by atoms with van der Waals surface area (Å²) < 4.78 is 2.02. The molecule has 0 aliphatic rings. The minimum atomic E-state index is 0.959. The summed E-state index contributed by atoms with van der Waals surface area (Å²) in [5.74, 6) is 0. The zero-order chi connectivity index (χ0) is 12.7. The molecule has 0 aliphatic carbocycles. The van der Waals surface area contributed by atoms with E-state index in [9.17, 15) is 0 Å². The lowest BCUT2D eigenvalue weighted by Crippen LogP contribution is -1.89. The Hall–Kier alpha value is -2.68. The van der Waals surface area contributed by atoms with Crippen molar-refractivity contribution in [1.29, 1.82) is 0 Å². The second-order valence-electron chi connectivity index (χ2n) is 4.49. The number of pyridine rings is 2. The van der Waals surface area contributed by atoms with Crippen molar-refractivity contribution >= 4 is 16.4 Å². The van der Waals surface area contributed by atoms with Gasteiger partial charge in [-0.1, -0.05) is 24.3 Å². The van der Waals surface area contributed by atoms with Crippen molar-refractivity contribution in [1.82, 2.24) is 14.4 Å². The number of hydrogen-bond donors (Lipinski definition) is 0. The predicted molar refractivity (Wildman–Crippen MR) is 75.9 cm³/mol. The molecule has 0 radical (unpaired) electrons. The van der Waals surface area contributed by atoms with E-state index in [4.69, 9.17) is 0 Å². The monoisotopic (exact) mass is 245 g/mol. The van der Waals surface area contributed by atoms with Crippen LogP contribution in [0.2, 0.25) is 0 Å². The second kappa shape index (κ2) is 3.92. The van der Waals surface area contributed by atoms with Crippen LogP contribution >= 0.6 is 0 Å². The van der Waals surface area contributed by atoms with E-state index in [1.54, 1.807) is 0 Å². The SMILES string of the molecule is c1ccc2c(-c3cccn4ccnc34)cncc2c1. The molecule has 0 unspecified atom stereocenters. The number of rotatable bonds is 1. The zero-order valence-electron chi connectivity index (χ0n) is 10.2. The Labute approximate surface area is 110 Å². The van der Waals surface area contributed by atoms with Gasteiger partial charge in [-0.05, 0) is 17.5 Å². The van der Waals surface area contributed by atoms with Gasteiger partial charge in [-0.25, -0.2) is 4.98 Å². The highest BCUT2D eigenvalue weighted by Crippen LogP contribution is 2.29. The molecule has 4 rings (SSSR count). The molecule has 0 fully saturated rings. The summed E-state index contributed by atoms with van der Waals surface area (Å²) in [6.07, 6.45) is 9.58. The van der Waals surface area contributed by atoms with E-state index in [0.29, 0.717) is 0 Å². The lowest BCUT2D eigenvalue weighted by atomic mass is 10.0. The molecule has 3 heterocycles. The Bertz CT molecular complexity index is 872. The van der Waals surface area contributed by atoms with Crippen LogP contribution in [-0.4, -0.2) is 14.4 Å². The van der Waals surface area contributed by atoms with Crippen LogP contribution in [0.25, 0.3) is 27.5 Å². The molecule has 0 spiro atoms. The molecule has 3 aromatic heterocycles. The van der Waals surface area contributed by atoms with Gasteiger partial charge in [0.25, 0.3) is 0 Å². The van der Waals surface area contributed by atoms with Crippen LogP contribution in [0.1, 0.15) is 0 Å². The minimum Gasteiger partial charge on any atom is -0.307 e.